The number of piperazine rings is 1. The standard InChI is InChI=1S/C16H21N3OS/c1-4-14(20)18-5-7-19(8-6-18)16-17-13-10-11(2)9-12(3)15(13)21-16/h9-10H,4-8H2,1-3H3. The van der Waals surface area contributed by atoms with E-state index in [0.717, 1.165) is 36.8 Å². The van der Waals surface area contributed by atoms with Crippen LogP contribution in [-0.4, -0.2) is 42.0 Å². The van der Waals surface area contributed by atoms with Gasteiger partial charge in [0.15, 0.2) is 5.13 Å². The maximum Gasteiger partial charge on any atom is 0.222 e. The van der Waals surface area contributed by atoms with Gasteiger partial charge in [-0.3, -0.25) is 4.79 Å². The van der Waals surface area contributed by atoms with Crippen molar-refractivity contribution in [3.63, 3.8) is 0 Å². The number of hydrogen-bond donors (Lipinski definition) is 0. The van der Waals surface area contributed by atoms with E-state index in [1.54, 1.807) is 11.3 Å². The predicted octanol–water partition coefficient (Wildman–Crippen LogP) is 2.97. The Balaban J connectivity index is 1.80. The van der Waals surface area contributed by atoms with Crippen LogP contribution >= 0.6 is 11.3 Å². The zero-order valence-electron chi connectivity index (χ0n) is 12.8. The lowest BCUT2D eigenvalue weighted by Gasteiger charge is -2.34. The van der Waals surface area contributed by atoms with E-state index in [2.05, 4.69) is 30.9 Å². The monoisotopic (exact) mass is 303 g/mol. The molecule has 2 heterocycles. The van der Waals surface area contributed by atoms with Crippen molar-refractivity contribution in [1.82, 2.24) is 9.88 Å². The van der Waals surface area contributed by atoms with Crippen LogP contribution in [-0.2, 0) is 4.79 Å². The van der Waals surface area contributed by atoms with Gasteiger partial charge in [0.1, 0.15) is 0 Å². The third-order valence-corrected chi connectivity index (χ3v) is 5.28. The van der Waals surface area contributed by atoms with E-state index in [9.17, 15) is 4.79 Å². The molecule has 1 aromatic heterocycles. The normalized spacial score (nSPS) is 15.8. The van der Waals surface area contributed by atoms with Gasteiger partial charge in [-0.15, -0.1) is 0 Å². The molecule has 1 saturated heterocycles. The van der Waals surface area contributed by atoms with Crippen molar-refractivity contribution in [3.05, 3.63) is 23.3 Å². The van der Waals surface area contributed by atoms with E-state index in [-0.39, 0.29) is 5.91 Å². The third-order valence-electron chi connectivity index (χ3n) is 4.01. The van der Waals surface area contributed by atoms with Gasteiger partial charge in [-0.1, -0.05) is 24.3 Å². The lowest BCUT2D eigenvalue weighted by Crippen LogP contribution is -2.48. The van der Waals surface area contributed by atoms with Gasteiger partial charge in [-0.2, -0.15) is 0 Å². The molecule has 21 heavy (non-hydrogen) atoms. The van der Waals surface area contributed by atoms with Gasteiger partial charge in [0, 0.05) is 32.6 Å². The van der Waals surface area contributed by atoms with Gasteiger partial charge in [-0.25, -0.2) is 4.98 Å². The number of nitrogens with zero attached hydrogens (tertiary/aromatic N) is 3. The van der Waals surface area contributed by atoms with Crippen LogP contribution in [0, 0.1) is 13.8 Å². The number of thiazole rings is 1. The maximum absolute atomic E-state index is 11.7. The molecule has 0 atom stereocenters. The summed E-state index contributed by atoms with van der Waals surface area (Å²) < 4.78 is 1.28. The highest BCUT2D eigenvalue weighted by atomic mass is 32.1. The third kappa shape index (κ3) is 2.75. The molecule has 0 saturated carbocycles. The molecule has 0 unspecified atom stereocenters. The first-order chi connectivity index (χ1) is 10.1. The van der Waals surface area contributed by atoms with Gasteiger partial charge in [-0.05, 0) is 31.0 Å². The zero-order chi connectivity index (χ0) is 15.0. The number of benzene rings is 1. The molecule has 0 bridgehead atoms. The van der Waals surface area contributed by atoms with Gasteiger partial charge < -0.3 is 9.80 Å². The summed E-state index contributed by atoms with van der Waals surface area (Å²) in [6, 6.07) is 4.36. The van der Waals surface area contributed by atoms with Gasteiger partial charge in [0.25, 0.3) is 0 Å². The smallest absolute Gasteiger partial charge is 0.222 e. The van der Waals surface area contributed by atoms with Gasteiger partial charge >= 0.3 is 0 Å². The summed E-state index contributed by atoms with van der Waals surface area (Å²) in [5.74, 6) is 0.255. The van der Waals surface area contributed by atoms with E-state index in [4.69, 9.17) is 4.98 Å². The molecular formula is C16H21N3OS. The summed E-state index contributed by atoms with van der Waals surface area (Å²) in [7, 11) is 0. The number of aromatic nitrogens is 1. The molecule has 0 spiro atoms. The molecule has 1 aromatic carbocycles. The van der Waals surface area contributed by atoms with Crippen LogP contribution in [0.25, 0.3) is 10.2 Å². The minimum absolute atomic E-state index is 0.255. The summed E-state index contributed by atoms with van der Waals surface area (Å²) in [5.41, 5.74) is 3.66. The largest absolute Gasteiger partial charge is 0.345 e. The second-order valence-corrected chi connectivity index (χ2v) is 6.63. The molecule has 0 aliphatic carbocycles. The van der Waals surface area contributed by atoms with Crippen molar-refractivity contribution in [2.24, 2.45) is 0 Å². The fourth-order valence-electron chi connectivity index (χ4n) is 2.87. The second-order valence-electron chi connectivity index (χ2n) is 5.65. The van der Waals surface area contributed by atoms with Crippen LogP contribution in [0.15, 0.2) is 12.1 Å². The lowest BCUT2D eigenvalue weighted by molar-refractivity contribution is -0.131. The number of carbonyl (C=O) groups is 1. The van der Waals surface area contributed by atoms with E-state index in [1.165, 1.54) is 15.8 Å². The highest BCUT2D eigenvalue weighted by molar-refractivity contribution is 7.22. The molecule has 0 N–H and O–H groups in total. The maximum atomic E-state index is 11.7. The van der Waals surface area contributed by atoms with Crippen LogP contribution in [0.5, 0.6) is 0 Å². The number of aryl methyl sites for hydroxylation is 2. The Bertz CT molecular complexity index is 671. The Labute approximate surface area is 129 Å². The molecule has 0 radical (unpaired) electrons. The number of amides is 1. The molecule has 5 heteroatoms. The number of carbonyl (C=O) groups excluding carboxylic acids is 1. The number of rotatable bonds is 2. The Morgan fingerprint density at radius 2 is 1.95 bits per heavy atom. The molecule has 1 amide bonds. The van der Waals surface area contributed by atoms with E-state index in [0.29, 0.717) is 6.42 Å². The van der Waals surface area contributed by atoms with Gasteiger partial charge in [0.05, 0.1) is 10.2 Å². The van der Waals surface area contributed by atoms with Crippen molar-refractivity contribution in [2.45, 2.75) is 27.2 Å². The van der Waals surface area contributed by atoms with Crippen molar-refractivity contribution in [3.8, 4) is 0 Å². The topological polar surface area (TPSA) is 36.4 Å². The van der Waals surface area contributed by atoms with Crippen molar-refractivity contribution in [2.75, 3.05) is 31.1 Å². The van der Waals surface area contributed by atoms with Crippen LogP contribution in [0.2, 0.25) is 0 Å². The first kappa shape index (κ1) is 14.3. The molecule has 1 aliphatic rings. The molecule has 4 nitrogen and oxygen atoms in total. The number of fused-ring (bicyclic) bond motifs is 1. The highest BCUT2D eigenvalue weighted by Gasteiger charge is 2.22. The average molecular weight is 303 g/mol. The minimum atomic E-state index is 0.255. The Hall–Kier alpha value is -1.62. The van der Waals surface area contributed by atoms with Crippen LogP contribution in [0.4, 0.5) is 5.13 Å². The van der Waals surface area contributed by atoms with Crippen LogP contribution in [0.1, 0.15) is 24.5 Å². The van der Waals surface area contributed by atoms with Crippen molar-refractivity contribution < 1.29 is 4.79 Å². The van der Waals surface area contributed by atoms with E-state index < -0.39 is 0 Å². The minimum Gasteiger partial charge on any atom is -0.345 e. The fraction of sp³-hybridized carbons (Fsp3) is 0.500. The van der Waals surface area contributed by atoms with Crippen LogP contribution < -0.4 is 4.90 Å². The number of anilines is 1. The molecule has 112 valence electrons. The number of hydrogen-bond acceptors (Lipinski definition) is 4. The molecular weight excluding hydrogens is 282 g/mol. The molecule has 2 aromatic rings. The summed E-state index contributed by atoms with van der Waals surface area (Å²) in [4.78, 5) is 20.8. The quantitative estimate of drug-likeness (QED) is 0.856. The predicted molar refractivity (Wildman–Crippen MR) is 88.2 cm³/mol. The van der Waals surface area contributed by atoms with E-state index in [1.807, 2.05) is 11.8 Å². The highest BCUT2D eigenvalue weighted by Crippen LogP contribution is 2.32. The van der Waals surface area contributed by atoms with E-state index >= 15 is 0 Å². The Kier molecular flexibility index (Phi) is 3.85. The van der Waals surface area contributed by atoms with Crippen LogP contribution in [0.3, 0.4) is 0 Å². The average Bonchev–Trinajstić information content (AvgIpc) is 2.91. The first-order valence-corrected chi connectivity index (χ1v) is 8.30. The van der Waals surface area contributed by atoms with Crippen molar-refractivity contribution in [1.29, 1.82) is 0 Å². The lowest BCUT2D eigenvalue weighted by atomic mass is 10.1. The van der Waals surface area contributed by atoms with Crippen molar-refractivity contribution >= 4 is 32.6 Å². The summed E-state index contributed by atoms with van der Waals surface area (Å²) in [5, 5.41) is 1.09. The fourth-order valence-corrected chi connectivity index (χ4v) is 3.94. The molecule has 1 fully saturated rings. The summed E-state index contributed by atoms with van der Waals surface area (Å²) in [6.07, 6.45) is 0.597. The van der Waals surface area contributed by atoms with Gasteiger partial charge in [0.2, 0.25) is 5.91 Å². The Morgan fingerprint density at radius 1 is 1.24 bits per heavy atom. The Morgan fingerprint density at radius 3 is 2.62 bits per heavy atom. The summed E-state index contributed by atoms with van der Waals surface area (Å²) >= 11 is 1.77. The first-order valence-electron chi connectivity index (χ1n) is 7.49. The molecule has 3 rings (SSSR count). The second kappa shape index (κ2) is 5.64. The SMILES string of the molecule is CCC(=O)N1CCN(c2nc3cc(C)cc(C)c3s2)CC1. The molecule has 1 aliphatic heterocycles. The summed E-state index contributed by atoms with van der Waals surface area (Å²) in [6.45, 7) is 9.55. The zero-order valence-corrected chi connectivity index (χ0v) is 13.7.